The molecule has 0 heteroatoms. The van der Waals surface area contributed by atoms with E-state index in [2.05, 4.69) is 27.7 Å². The van der Waals surface area contributed by atoms with Crippen molar-refractivity contribution in [1.29, 1.82) is 0 Å². The van der Waals surface area contributed by atoms with Crippen LogP contribution >= 0.6 is 0 Å². The van der Waals surface area contributed by atoms with Crippen LogP contribution in [0.25, 0.3) is 0 Å². The Kier molecular flexibility index (Phi) is 1.89. The summed E-state index contributed by atoms with van der Waals surface area (Å²) in [5.74, 6) is 0. The summed E-state index contributed by atoms with van der Waals surface area (Å²) in [5, 5.41) is 0. The van der Waals surface area contributed by atoms with Crippen molar-refractivity contribution in [2.45, 2.75) is 47.0 Å². The molecule has 0 N–H and O–H groups in total. The lowest BCUT2D eigenvalue weighted by Crippen LogP contribution is -1.97. The van der Waals surface area contributed by atoms with E-state index in [1.807, 2.05) is 0 Å². The van der Waals surface area contributed by atoms with E-state index in [-0.39, 0.29) is 0 Å². The first-order chi connectivity index (χ1) is 4.60. The third kappa shape index (κ3) is 1.25. The average Bonchev–Trinajstić information content (AvgIpc) is 2.66. The topological polar surface area (TPSA) is 0 Å². The van der Waals surface area contributed by atoms with Gasteiger partial charge in [-0.2, -0.15) is 0 Å². The highest BCUT2D eigenvalue weighted by Gasteiger charge is 2.39. The summed E-state index contributed by atoms with van der Waals surface area (Å²) in [5.41, 5.74) is 3.86. The third-order valence-electron chi connectivity index (χ3n) is 3.08. The molecule has 0 aromatic heterocycles. The van der Waals surface area contributed by atoms with Gasteiger partial charge < -0.3 is 0 Å². The Labute approximate surface area is 64.3 Å². The number of rotatable bonds is 2. The molecule has 0 unspecified atom stereocenters. The summed E-state index contributed by atoms with van der Waals surface area (Å²) < 4.78 is 0. The van der Waals surface area contributed by atoms with Gasteiger partial charge in [-0.05, 0) is 38.5 Å². The summed E-state index contributed by atoms with van der Waals surface area (Å²) in [6.07, 6.45) is 4.05. The van der Waals surface area contributed by atoms with Crippen molar-refractivity contribution < 1.29 is 0 Å². The molecule has 1 aliphatic carbocycles. The summed E-state index contributed by atoms with van der Waals surface area (Å²) >= 11 is 0. The molecule has 1 rings (SSSR count). The van der Waals surface area contributed by atoms with E-state index in [1.165, 1.54) is 19.3 Å². The lowest BCUT2D eigenvalue weighted by atomic mass is 9.94. The minimum atomic E-state index is 0.611. The van der Waals surface area contributed by atoms with Gasteiger partial charge in [-0.3, -0.25) is 0 Å². The standard InChI is InChI=1S/C10H18/c1-5-8(2)9(3)10(4)6-7-10/h5-7H2,1-4H3. The van der Waals surface area contributed by atoms with Crippen LogP contribution in [0.4, 0.5) is 0 Å². The zero-order valence-corrected chi connectivity index (χ0v) is 7.62. The number of hydrogen-bond acceptors (Lipinski definition) is 0. The van der Waals surface area contributed by atoms with Crippen LogP contribution in [0.15, 0.2) is 11.1 Å². The Balaban J connectivity index is 2.71. The highest BCUT2D eigenvalue weighted by molar-refractivity contribution is 5.23. The van der Waals surface area contributed by atoms with Crippen LogP contribution in [0.1, 0.15) is 47.0 Å². The molecule has 0 nitrogen and oxygen atoms in total. The van der Waals surface area contributed by atoms with Crippen LogP contribution in [0.3, 0.4) is 0 Å². The number of hydrogen-bond donors (Lipinski definition) is 0. The molecule has 0 aromatic rings. The highest BCUT2D eigenvalue weighted by Crippen LogP contribution is 2.52. The molecule has 10 heavy (non-hydrogen) atoms. The number of allylic oxidation sites excluding steroid dienone is 2. The molecule has 1 saturated carbocycles. The smallest absolute Gasteiger partial charge is 0.0116 e. The molecular weight excluding hydrogens is 120 g/mol. The van der Waals surface area contributed by atoms with Gasteiger partial charge in [0.05, 0.1) is 0 Å². The van der Waals surface area contributed by atoms with Crippen molar-refractivity contribution in [3.05, 3.63) is 11.1 Å². The quantitative estimate of drug-likeness (QED) is 0.512. The Morgan fingerprint density at radius 2 is 1.80 bits per heavy atom. The van der Waals surface area contributed by atoms with Crippen molar-refractivity contribution in [2.24, 2.45) is 5.41 Å². The van der Waals surface area contributed by atoms with Crippen LogP contribution in [0.2, 0.25) is 0 Å². The van der Waals surface area contributed by atoms with Crippen LogP contribution in [0, 0.1) is 5.41 Å². The minimum absolute atomic E-state index is 0.611. The molecule has 0 atom stereocenters. The van der Waals surface area contributed by atoms with Crippen molar-refractivity contribution >= 4 is 0 Å². The van der Waals surface area contributed by atoms with Crippen molar-refractivity contribution in [1.82, 2.24) is 0 Å². The first-order valence-corrected chi connectivity index (χ1v) is 4.27. The van der Waals surface area contributed by atoms with E-state index in [9.17, 15) is 0 Å². The second kappa shape index (κ2) is 2.41. The first kappa shape index (κ1) is 7.84. The van der Waals surface area contributed by atoms with Crippen LogP contribution in [-0.4, -0.2) is 0 Å². The SMILES string of the molecule is CCC(C)=C(C)C1(C)CC1. The zero-order chi connectivity index (χ0) is 7.78. The Morgan fingerprint density at radius 3 is 2.10 bits per heavy atom. The maximum atomic E-state index is 2.38. The highest BCUT2D eigenvalue weighted by atomic mass is 14.4. The van der Waals surface area contributed by atoms with Gasteiger partial charge in [0.1, 0.15) is 0 Å². The zero-order valence-electron chi connectivity index (χ0n) is 7.62. The van der Waals surface area contributed by atoms with E-state index < -0.39 is 0 Å². The average molecular weight is 138 g/mol. The molecule has 0 radical (unpaired) electrons. The molecule has 58 valence electrons. The van der Waals surface area contributed by atoms with Gasteiger partial charge in [-0.15, -0.1) is 0 Å². The largest absolute Gasteiger partial charge is 0.0741 e. The molecular formula is C10H18. The Hall–Kier alpha value is -0.260. The molecule has 0 heterocycles. The predicted octanol–water partition coefficient (Wildman–Crippen LogP) is 3.53. The van der Waals surface area contributed by atoms with Gasteiger partial charge in [0.2, 0.25) is 0 Å². The van der Waals surface area contributed by atoms with Gasteiger partial charge in [0.15, 0.2) is 0 Å². The molecule has 1 fully saturated rings. The van der Waals surface area contributed by atoms with E-state index in [0.29, 0.717) is 5.41 Å². The minimum Gasteiger partial charge on any atom is -0.0741 e. The van der Waals surface area contributed by atoms with E-state index in [0.717, 1.165) is 0 Å². The van der Waals surface area contributed by atoms with E-state index in [1.54, 1.807) is 11.1 Å². The van der Waals surface area contributed by atoms with Crippen LogP contribution < -0.4 is 0 Å². The molecule has 0 saturated heterocycles. The second-order valence-corrected chi connectivity index (χ2v) is 3.82. The van der Waals surface area contributed by atoms with E-state index >= 15 is 0 Å². The molecule has 1 aliphatic rings. The van der Waals surface area contributed by atoms with Crippen molar-refractivity contribution in [3.63, 3.8) is 0 Å². The van der Waals surface area contributed by atoms with Crippen LogP contribution in [-0.2, 0) is 0 Å². The summed E-state index contributed by atoms with van der Waals surface area (Å²) in [7, 11) is 0. The molecule has 0 aliphatic heterocycles. The summed E-state index contributed by atoms with van der Waals surface area (Å²) in [6.45, 7) is 9.18. The fourth-order valence-electron chi connectivity index (χ4n) is 1.34. The Morgan fingerprint density at radius 1 is 1.30 bits per heavy atom. The van der Waals surface area contributed by atoms with E-state index in [4.69, 9.17) is 0 Å². The van der Waals surface area contributed by atoms with Gasteiger partial charge >= 0.3 is 0 Å². The maximum Gasteiger partial charge on any atom is -0.0116 e. The van der Waals surface area contributed by atoms with Gasteiger partial charge in [0, 0.05) is 0 Å². The molecule has 0 aromatic carbocycles. The summed E-state index contributed by atoms with van der Waals surface area (Å²) in [4.78, 5) is 0. The first-order valence-electron chi connectivity index (χ1n) is 4.27. The van der Waals surface area contributed by atoms with Crippen LogP contribution in [0.5, 0.6) is 0 Å². The monoisotopic (exact) mass is 138 g/mol. The van der Waals surface area contributed by atoms with Gasteiger partial charge in [-0.25, -0.2) is 0 Å². The lowest BCUT2D eigenvalue weighted by molar-refractivity contribution is 0.673. The fraction of sp³-hybridized carbons (Fsp3) is 0.800. The van der Waals surface area contributed by atoms with Crippen molar-refractivity contribution in [2.75, 3.05) is 0 Å². The molecule has 0 spiro atoms. The molecule has 0 amide bonds. The lowest BCUT2D eigenvalue weighted by Gasteiger charge is -2.12. The maximum absolute atomic E-state index is 2.38. The predicted molar refractivity (Wildman–Crippen MR) is 46.0 cm³/mol. The Bertz CT molecular complexity index is 159. The second-order valence-electron chi connectivity index (χ2n) is 3.82. The molecule has 0 bridgehead atoms. The third-order valence-corrected chi connectivity index (χ3v) is 3.08. The van der Waals surface area contributed by atoms with Gasteiger partial charge in [-0.1, -0.05) is 25.0 Å². The van der Waals surface area contributed by atoms with Crippen molar-refractivity contribution in [3.8, 4) is 0 Å². The van der Waals surface area contributed by atoms with Gasteiger partial charge in [0.25, 0.3) is 0 Å². The fourth-order valence-corrected chi connectivity index (χ4v) is 1.34. The normalized spacial score (nSPS) is 24.0. The summed E-state index contributed by atoms with van der Waals surface area (Å²) in [6, 6.07) is 0.